The highest BCUT2D eigenvalue weighted by molar-refractivity contribution is 5.53. The van der Waals surface area contributed by atoms with Gasteiger partial charge in [-0.3, -0.25) is 0 Å². The van der Waals surface area contributed by atoms with Crippen molar-refractivity contribution in [1.29, 1.82) is 0 Å². The van der Waals surface area contributed by atoms with Gasteiger partial charge in [-0.15, -0.1) is 0 Å². The lowest BCUT2D eigenvalue weighted by molar-refractivity contribution is 0.250. The molecule has 0 bridgehead atoms. The lowest BCUT2D eigenvalue weighted by atomic mass is 9.79. The molecule has 0 radical (unpaired) electrons. The van der Waals surface area contributed by atoms with E-state index in [1.165, 1.54) is 36.1 Å². The number of nitrogens with two attached hydrogens (primary N) is 1. The number of hydrogen-bond donors (Lipinski definition) is 1. The molecule has 1 fully saturated rings. The zero-order valence-electron chi connectivity index (χ0n) is 12.8. The normalized spacial score (nSPS) is 27.3. The summed E-state index contributed by atoms with van der Waals surface area (Å²) < 4.78 is 0. The first kappa shape index (κ1) is 14.4. The van der Waals surface area contributed by atoms with Crippen LogP contribution in [0.3, 0.4) is 0 Å². The third-order valence-corrected chi connectivity index (χ3v) is 4.58. The van der Waals surface area contributed by atoms with Crippen molar-refractivity contribution in [2.45, 2.75) is 46.1 Å². The first-order valence-corrected chi connectivity index (χ1v) is 7.51. The Morgan fingerprint density at radius 3 is 2.68 bits per heavy atom. The van der Waals surface area contributed by atoms with E-state index < -0.39 is 0 Å². The predicted octanol–water partition coefficient (Wildman–Crippen LogP) is 3.50. The fourth-order valence-electron chi connectivity index (χ4n) is 3.42. The standard InChI is InChI=1S/C17H28N2/c1-12-6-8-17(14(3)9-12)19(4)11-15-10-13(2)5-7-16(15)18/h6,8-9,13,15-16H,5,7,10-11,18H2,1-4H3. The maximum Gasteiger partial charge on any atom is 0.0393 e. The molecule has 1 aromatic carbocycles. The molecule has 1 aromatic rings. The third-order valence-electron chi connectivity index (χ3n) is 4.58. The summed E-state index contributed by atoms with van der Waals surface area (Å²) >= 11 is 0. The highest BCUT2D eigenvalue weighted by atomic mass is 15.1. The van der Waals surface area contributed by atoms with E-state index in [1.54, 1.807) is 0 Å². The average Bonchev–Trinajstić information content (AvgIpc) is 2.33. The summed E-state index contributed by atoms with van der Waals surface area (Å²) in [7, 11) is 2.20. The Morgan fingerprint density at radius 1 is 1.26 bits per heavy atom. The van der Waals surface area contributed by atoms with Crippen LogP contribution in [0.2, 0.25) is 0 Å². The molecule has 2 heteroatoms. The van der Waals surface area contributed by atoms with Gasteiger partial charge in [0.1, 0.15) is 0 Å². The van der Waals surface area contributed by atoms with Crippen molar-refractivity contribution in [3.05, 3.63) is 29.3 Å². The maximum absolute atomic E-state index is 6.30. The quantitative estimate of drug-likeness (QED) is 0.901. The van der Waals surface area contributed by atoms with Crippen LogP contribution < -0.4 is 10.6 Å². The van der Waals surface area contributed by atoms with Crippen molar-refractivity contribution in [2.75, 3.05) is 18.5 Å². The van der Waals surface area contributed by atoms with Crippen LogP contribution in [0.15, 0.2) is 18.2 Å². The van der Waals surface area contributed by atoms with Crippen molar-refractivity contribution in [3.63, 3.8) is 0 Å². The van der Waals surface area contributed by atoms with Crippen molar-refractivity contribution in [3.8, 4) is 0 Å². The van der Waals surface area contributed by atoms with Gasteiger partial charge in [-0.05, 0) is 56.6 Å². The van der Waals surface area contributed by atoms with Gasteiger partial charge in [-0.1, -0.05) is 24.6 Å². The van der Waals surface area contributed by atoms with Crippen molar-refractivity contribution in [2.24, 2.45) is 17.6 Å². The zero-order chi connectivity index (χ0) is 14.0. The first-order valence-electron chi connectivity index (χ1n) is 7.51. The van der Waals surface area contributed by atoms with E-state index in [0.717, 1.165) is 12.5 Å². The topological polar surface area (TPSA) is 29.3 Å². The van der Waals surface area contributed by atoms with Crippen molar-refractivity contribution in [1.82, 2.24) is 0 Å². The molecule has 0 amide bonds. The Morgan fingerprint density at radius 2 is 2.00 bits per heavy atom. The second kappa shape index (κ2) is 5.96. The van der Waals surface area contributed by atoms with Crippen LogP contribution in [0, 0.1) is 25.7 Å². The molecule has 3 unspecified atom stereocenters. The molecule has 2 nitrogen and oxygen atoms in total. The van der Waals surface area contributed by atoms with Crippen LogP contribution in [-0.2, 0) is 0 Å². The molecule has 106 valence electrons. The molecule has 2 N–H and O–H groups in total. The van der Waals surface area contributed by atoms with Crippen LogP contribution in [-0.4, -0.2) is 19.6 Å². The molecule has 2 rings (SSSR count). The number of rotatable bonds is 3. The predicted molar refractivity (Wildman–Crippen MR) is 83.7 cm³/mol. The fraction of sp³-hybridized carbons (Fsp3) is 0.647. The number of aryl methyl sites for hydroxylation is 2. The summed E-state index contributed by atoms with van der Waals surface area (Å²) in [5.41, 5.74) is 10.3. The summed E-state index contributed by atoms with van der Waals surface area (Å²) in [5, 5.41) is 0. The van der Waals surface area contributed by atoms with Gasteiger partial charge in [0.2, 0.25) is 0 Å². The van der Waals surface area contributed by atoms with Gasteiger partial charge in [-0.25, -0.2) is 0 Å². The summed E-state index contributed by atoms with van der Waals surface area (Å²) in [4.78, 5) is 2.39. The maximum atomic E-state index is 6.30. The van der Waals surface area contributed by atoms with Crippen LogP contribution in [0.1, 0.15) is 37.3 Å². The van der Waals surface area contributed by atoms with Gasteiger partial charge in [0.25, 0.3) is 0 Å². The Hall–Kier alpha value is -1.02. The molecule has 3 atom stereocenters. The number of benzene rings is 1. The third kappa shape index (κ3) is 3.50. The van der Waals surface area contributed by atoms with Crippen molar-refractivity contribution < 1.29 is 0 Å². The molecule has 0 aromatic heterocycles. The molecule has 0 heterocycles. The van der Waals surface area contributed by atoms with E-state index in [1.807, 2.05) is 0 Å². The number of nitrogens with zero attached hydrogens (tertiary/aromatic N) is 1. The minimum Gasteiger partial charge on any atom is -0.374 e. The van der Waals surface area contributed by atoms with Gasteiger partial charge in [-0.2, -0.15) is 0 Å². The van der Waals surface area contributed by atoms with Crippen LogP contribution in [0.25, 0.3) is 0 Å². The molecule has 1 saturated carbocycles. The summed E-state index contributed by atoms with van der Waals surface area (Å²) in [6.07, 6.45) is 3.76. The molecular formula is C17H28N2. The summed E-state index contributed by atoms with van der Waals surface area (Å²) in [6, 6.07) is 7.07. The minimum atomic E-state index is 0.379. The van der Waals surface area contributed by atoms with Gasteiger partial charge in [0, 0.05) is 25.3 Å². The Bertz CT molecular complexity index is 427. The van der Waals surface area contributed by atoms with Crippen LogP contribution in [0.4, 0.5) is 5.69 Å². The molecule has 0 spiro atoms. The Kier molecular flexibility index (Phi) is 4.51. The summed E-state index contributed by atoms with van der Waals surface area (Å²) in [6.45, 7) is 7.78. The van der Waals surface area contributed by atoms with E-state index in [2.05, 4.69) is 50.9 Å². The molecule has 1 aliphatic rings. The Labute approximate surface area is 118 Å². The smallest absolute Gasteiger partial charge is 0.0393 e. The SMILES string of the molecule is Cc1ccc(N(C)CC2CC(C)CCC2N)c(C)c1. The van der Waals surface area contributed by atoms with Gasteiger partial charge in [0.15, 0.2) is 0 Å². The monoisotopic (exact) mass is 260 g/mol. The molecule has 1 aliphatic carbocycles. The van der Waals surface area contributed by atoms with Gasteiger partial charge < -0.3 is 10.6 Å². The van der Waals surface area contributed by atoms with E-state index in [-0.39, 0.29) is 0 Å². The minimum absolute atomic E-state index is 0.379. The molecular weight excluding hydrogens is 232 g/mol. The van der Waals surface area contributed by atoms with E-state index in [0.29, 0.717) is 12.0 Å². The highest BCUT2D eigenvalue weighted by Crippen LogP contribution is 2.30. The lowest BCUT2D eigenvalue weighted by Gasteiger charge is -2.36. The molecule has 0 aliphatic heterocycles. The summed E-state index contributed by atoms with van der Waals surface area (Å²) in [5.74, 6) is 1.46. The fourth-order valence-corrected chi connectivity index (χ4v) is 3.42. The van der Waals surface area contributed by atoms with Gasteiger partial charge >= 0.3 is 0 Å². The average molecular weight is 260 g/mol. The zero-order valence-corrected chi connectivity index (χ0v) is 12.8. The van der Waals surface area contributed by atoms with Gasteiger partial charge in [0.05, 0.1) is 0 Å². The molecule has 19 heavy (non-hydrogen) atoms. The van der Waals surface area contributed by atoms with Crippen LogP contribution >= 0.6 is 0 Å². The first-order chi connectivity index (χ1) is 8.97. The highest BCUT2D eigenvalue weighted by Gasteiger charge is 2.27. The Balaban J connectivity index is 2.05. The van der Waals surface area contributed by atoms with E-state index >= 15 is 0 Å². The van der Waals surface area contributed by atoms with Crippen molar-refractivity contribution >= 4 is 5.69 Å². The van der Waals surface area contributed by atoms with E-state index in [4.69, 9.17) is 5.73 Å². The molecule has 0 saturated heterocycles. The second-order valence-electron chi connectivity index (χ2n) is 6.51. The number of anilines is 1. The largest absolute Gasteiger partial charge is 0.374 e. The van der Waals surface area contributed by atoms with E-state index in [9.17, 15) is 0 Å². The van der Waals surface area contributed by atoms with Crippen LogP contribution in [0.5, 0.6) is 0 Å². The number of hydrogen-bond acceptors (Lipinski definition) is 2. The lowest BCUT2D eigenvalue weighted by Crippen LogP contribution is -2.42. The second-order valence-corrected chi connectivity index (χ2v) is 6.51.